The molecule has 103 heavy (non-hydrogen) atoms. The van der Waals surface area contributed by atoms with Gasteiger partial charge in [0, 0.05) is 25.7 Å². The van der Waals surface area contributed by atoms with Crippen LogP contribution in [0, 0.1) is 23.7 Å². The summed E-state index contributed by atoms with van der Waals surface area (Å²) in [5.41, 5.74) is 0. The Balaban J connectivity index is 5.24. The number of carbonyl (C=O) groups is 4. The summed E-state index contributed by atoms with van der Waals surface area (Å²) in [6.45, 7) is 14.3. The summed E-state index contributed by atoms with van der Waals surface area (Å²) < 4.78 is 68.8. The van der Waals surface area contributed by atoms with Gasteiger partial charge in [-0.15, -0.1) is 0 Å². The van der Waals surface area contributed by atoms with Crippen LogP contribution in [0.15, 0.2) is 0 Å². The van der Waals surface area contributed by atoms with Crippen LogP contribution in [0.3, 0.4) is 0 Å². The third-order valence-electron chi connectivity index (χ3n) is 19.9. The first-order valence-corrected chi connectivity index (χ1v) is 46.2. The molecule has 19 heteroatoms. The number of phosphoric ester groups is 2. The molecule has 0 rings (SSSR count). The molecule has 612 valence electrons. The first-order valence-electron chi connectivity index (χ1n) is 43.2. The lowest BCUT2D eigenvalue weighted by molar-refractivity contribution is -0.161. The maximum atomic E-state index is 13.1. The van der Waals surface area contributed by atoms with Crippen LogP contribution in [0.25, 0.3) is 0 Å². The van der Waals surface area contributed by atoms with Gasteiger partial charge in [-0.2, -0.15) is 0 Å². The number of ether oxygens (including phenoxy) is 4. The van der Waals surface area contributed by atoms with Crippen LogP contribution >= 0.6 is 15.6 Å². The molecule has 0 bridgehead atoms. The molecule has 3 unspecified atom stereocenters. The summed E-state index contributed by atoms with van der Waals surface area (Å²) in [5.74, 6) is 1.05. The molecule has 3 N–H and O–H groups in total. The first-order chi connectivity index (χ1) is 49.6. The van der Waals surface area contributed by atoms with Crippen molar-refractivity contribution in [1.29, 1.82) is 0 Å². The van der Waals surface area contributed by atoms with Gasteiger partial charge < -0.3 is 33.8 Å². The Morgan fingerprint density at radius 3 is 0.689 bits per heavy atom. The molecule has 0 saturated heterocycles. The molecule has 0 radical (unpaired) electrons. The maximum absolute atomic E-state index is 13.1. The SMILES string of the molecule is CCC(C)CCCCCCCCCCCCCCCCCCCCC(=O)O[C@H](COC(=O)CCCCCCCCCCCCCCCC(C)C)COP(=O)(O)OC[C@@H](O)COP(=O)(O)OC[C@@H](COC(=O)CCCCCCCCCCCC(C)C)OC(=O)CCCCCCCCCCCCC(C)C. The van der Waals surface area contributed by atoms with E-state index >= 15 is 0 Å². The lowest BCUT2D eigenvalue weighted by Crippen LogP contribution is -2.30. The molecule has 0 saturated carbocycles. The summed E-state index contributed by atoms with van der Waals surface area (Å²) in [4.78, 5) is 73.1. The number of carbonyl (C=O) groups excluding carboxylic acids is 4. The zero-order chi connectivity index (χ0) is 76.0. The fraction of sp³-hybridized carbons (Fsp3) is 0.952. The second kappa shape index (κ2) is 72.9. The molecule has 0 aliphatic carbocycles. The molecule has 0 spiro atoms. The van der Waals surface area contributed by atoms with Gasteiger partial charge in [0.1, 0.15) is 19.3 Å². The van der Waals surface area contributed by atoms with Gasteiger partial charge in [-0.05, 0) is 49.4 Å². The highest BCUT2D eigenvalue weighted by atomic mass is 31.2. The number of hydrogen-bond donors (Lipinski definition) is 3. The number of aliphatic hydroxyl groups is 1. The van der Waals surface area contributed by atoms with E-state index in [1.807, 2.05) is 0 Å². The Hall–Kier alpha value is -1.94. The first kappa shape index (κ1) is 101. The van der Waals surface area contributed by atoms with E-state index in [2.05, 4.69) is 55.4 Å². The van der Waals surface area contributed by atoms with Crippen molar-refractivity contribution in [3.63, 3.8) is 0 Å². The largest absolute Gasteiger partial charge is 0.472 e. The minimum absolute atomic E-state index is 0.105. The van der Waals surface area contributed by atoms with E-state index in [0.717, 1.165) is 114 Å². The van der Waals surface area contributed by atoms with Crippen molar-refractivity contribution in [3.8, 4) is 0 Å². The lowest BCUT2D eigenvalue weighted by atomic mass is 9.99. The van der Waals surface area contributed by atoms with Crippen LogP contribution in [-0.4, -0.2) is 96.7 Å². The van der Waals surface area contributed by atoms with Crippen molar-refractivity contribution < 1.29 is 80.2 Å². The number of rotatable bonds is 81. The van der Waals surface area contributed by atoms with Crippen LogP contribution in [0.4, 0.5) is 0 Å². The molecule has 0 aliphatic heterocycles. The molecule has 0 aromatic heterocycles. The van der Waals surface area contributed by atoms with Gasteiger partial charge in [-0.25, -0.2) is 9.13 Å². The molecule has 0 amide bonds. The predicted molar refractivity (Wildman–Crippen MR) is 423 cm³/mol. The minimum Gasteiger partial charge on any atom is -0.462 e. The second-order valence-electron chi connectivity index (χ2n) is 31.9. The third kappa shape index (κ3) is 76.6. The predicted octanol–water partition coefficient (Wildman–Crippen LogP) is 25.2. The number of esters is 4. The molecule has 0 aliphatic rings. The summed E-state index contributed by atoms with van der Waals surface area (Å²) >= 11 is 0. The number of hydrogen-bond acceptors (Lipinski definition) is 15. The lowest BCUT2D eigenvalue weighted by Gasteiger charge is -2.21. The number of phosphoric acid groups is 2. The minimum atomic E-state index is -4.97. The molecule has 0 aromatic rings. The highest BCUT2D eigenvalue weighted by Gasteiger charge is 2.30. The van der Waals surface area contributed by atoms with Gasteiger partial charge in [0.25, 0.3) is 0 Å². The highest BCUT2D eigenvalue weighted by molar-refractivity contribution is 7.47. The summed E-state index contributed by atoms with van der Waals surface area (Å²) in [7, 11) is -9.93. The Labute approximate surface area is 632 Å². The summed E-state index contributed by atoms with van der Waals surface area (Å²) in [5, 5.41) is 10.7. The molecule has 0 heterocycles. The van der Waals surface area contributed by atoms with Gasteiger partial charge >= 0.3 is 39.5 Å². The van der Waals surface area contributed by atoms with Crippen LogP contribution in [0.5, 0.6) is 0 Å². The molecule has 0 aromatic carbocycles. The van der Waals surface area contributed by atoms with E-state index < -0.39 is 97.5 Å². The van der Waals surface area contributed by atoms with Crippen molar-refractivity contribution >= 4 is 39.5 Å². The maximum Gasteiger partial charge on any atom is 0.472 e. The average molecular weight is 1510 g/mol. The number of aliphatic hydroxyl groups excluding tert-OH is 1. The van der Waals surface area contributed by atoms with E-state index in [1.54, 1.807) is 0 Å². The molecule has 17 nitrogen and oxygen atoms in total. The van der Waals surface area contributed by atoms with E-state index in [4.69, 9.17) is 37.0 Å². The van der Waals surface area contributed by atoms with Gasteiger partial charge in [-0.1, -0.05) is 383 Å². The van der Waals surface area contributed by atoms with Crippen LogP contribution < -0.4 is 0 Å². The molecular formula is C84H164O17P2. The summed E-state index contributed by atoms with van der Waals surface area (Å²) in [6.07, 6.45) is 61.1. The third-order valence-corrected chi connectivity index (χ3v) is 21.8. The average Bonchev–Trinajstić information content (AvgIpc) is 0.905. The van der Waals surface area contributed by atoms with Crippen molar-refractivity contribution in [3.05, 3.63) is 0 Å². The van der Waals surface area contributed by atoms with Gasteiger partial charge in [0.05, 0.1) is 26.4 Å². The Bertz CT molecular complexity index is 2010. The van der Waals surface area contributed by atoms with Crippen molar-refractivity contribution in [2.45, 2.75) is 453 Å². The fourth-order valence-corrected chi connectivity index (χ4v) is 14.5. The van der Waals surface area contributed by atoms with Crippen molar-refractivity contribution in [2.75, 3.05) is 39.6 Å². The molecule has 6 atom stereocenters. The van der Waals surface area contributed by atoms with Crippen LogP contribution in [0.1, 0.15) is 434 Å². The number of unbranched alkanes of at least 4 members (excludes halogenated alkanes) is 46. The molecular weight excluding hydrogens is 1340 g/mol. The normalized spacial score (nSPS) is 14.2. The fourth-order valence-electron chi connectivity index (χ4n) is 12.9. The van der Waals surface area contributed by atoms with Crippen molar-refractivity contribution in [1.82, 2.24) is 0 Å². The second-order valence-corrected chi connectivity index (χ2v) is 34.8. The molecule has 0 fully saturated rings. The summed E-state index contributed by atoms with van der Waals surface area (Å²) in [6, 6.07) is 0. The quantitative estimate of drug-likeness (QED) is 0.0222. The zero-order valence-electron chi connectivity index (χ0n) is 68.0. The Morgan fingerprint density at radius 1 is 0.272 bits per heavy atom. The monoisotopic (exact) mass is 1510 g/mol. The van der Waals surface area contributed by atoms with Gasteiger partial charge in [0.2, 0.25) is 0 Å². The topological polar surface area (TPSA) is 237 Å². The zero-order valence-corrected chi connectivity index (χ0v) is 69.7. The Kier molecular flexibility index (Phi) is 71.5. The van der Waals surface area contributed by atoms with E-state index in [9.17, 15) is 43.2 Å². The standard InChI is InChI=1S/C84H164O17P2/c1-9-77(8)63-55-47-39-31-22-18-14-12-10-11-13-15-19-24-33-42-50-58-66-83(88)100-79(70-94-81(86)64-56-48-40-32-23-20-16-17-21-28-36-44-52-60-74(2)3)72-98-102(90,91)96-68-78(85)69-97-103(92,93)99-73-80(71-95-82(87)65-57-49-41-35-27-30-38-46-54-62-76(6)7)101-84(89)67-59-51-43-34-26-25-29-37-45-53-61-75(4)5/h74-80,85H,9-73H2,1-8H3,(H,90,91)(H,92,93)/t77?,78-,79-,80-/m1/s1. The van der Waals surface area contributed by atoms with Crippen LogP contribution in [0.2, 0.25) is 0 Å². The van der Waals surface area contributed by atoms with E-state index in [1.165, 1.54) is 238 Å². The van der Waals surface area contributed by atoms with Gasteiger partial charge in [0.15, 0.2) is 12.2 Å². The van der Waals surface area contributed by atoms with E-state index in [0.29, 0.717) is 25.7 Å². The Morgan fingerprint density at radius 2 is 0.466 bits per heavy atom. The van der Waals surface area contributed by atoms with Crippen LogP contribution in [-0.2, 0) is 65.4 Å². The van der Waals surface area contributed by atoms with Gasteiger partial charge in [-0.3, -0.25) is 37.3 Å². The smallest absolute Gasteiger partial charge is 0.462 e. The highest BCUT2D eigenvalue weighted by Crippen LogP contribution is 2.45. The van der Waals surface area contributed by atoms with Crippen molar-refractivity contribution in [2.24, 2.45) is 23.7 Å². The van der Waals surface area contributed by atoms with E-state index in [-0.39, 0.29) is 25.7 Å².